The summed E-state index contributed by atoms with van der Waals surface area (Å²) in [5, 5.41) is 0.906. The topological polar surface area (TPSA) is 45.8 Å². The summed E-state index contributed by atoms with van der Waals surface area (Å²) in [6.07, 6.45) is 4.83. The Morgan fingerprint density at radius 1 is 1.64 bits per heavy atom. The number of nitrogens with zero attached hydrogens (tertiary/aromatic N) is 1. The number of hydrogen-bond acceptors (Lipinski definition) is 2. The van der Waals surface area contributed by atoms with Crippen molar-refractivity contribution in [3.8, 4) is 0 Å². The third-order valence-electron chi connectivity index (χ3n) is 1.33. The maximum absolute atomic E-state index is 11.0. The average molecular weight is 217 g/mol. The van der Waals surface area contributed by atoms with Gasteiger partial charge in [-0.3, -0.25) is 9.78 Å². The first kappa shape index (κ1) is 8.46. The van der Waals surface area contributed by atoms with E-state index in [4.69, 9.17) is 0 Å². The molecule has 0 bridgehead atoms. The van der Waals surface area contributed by atoms with Gasteiger partial charge in [-0.15, -0.1) is 0 Å². The number of alkyl halides is 1. The molecule has 60 valence electrons. The first-order valence-corrected chi connectivity index (χ1v) is 4.55. The van der Waals surface area contributed by atoms with Gasteiger partial charge in [0.1, 0.15) is 5.69 Å². The molecular weight excluding hydrogens is 208 g/mol. The van der Waals surface area contributed by atoms with Crippen LogP contribution < -0.4 is 5.56 Å². The van der Waals surface area contributed by atoms with E-state index in [1.807, 2.05) is 0 Å². The molecule has 0 aliphatic rings. The molecule has 0 aliphatic heterocycles. The number of nitrogens with one attached hydrogen (secondary N) is 1. The molecule has 4 heteroatoms. The SMILES string of the molecule is O=c1[nH]ccnc1CCCBr. The lowest BCUT2D eigenvalue weighted by Crippen LogP contribution is -2.13. The minimum Gasteiger partial charge on any atom is -0.326 e. The molecule has 0 radical (unpaired) electrons. The van der Waals surface area contributed by atoms with Crippen molar-refractivity contribution < 1.29 is 0 Å². The van der Waals surface area contributed by atoms with Gasteiger partial charge in [0.05, 0.1) is 0 Å². The summed E-state index contributed by atoms with van der Waals surface area (Å²) in [4.78, 5) is 17.5. The summed E-state index contributed by atoms with van der Waals surface area (Å²) < 4.78 is 0. The Hall–Kier alpha value is -0.640. The van der Waals surface area contributed by atoms with E-state index in [1.54, 1.807) is 12.4 Å². The van der Waals surface area contributed by atoms with E-state index < -0.39 is 0 Å². The van der Waals surface area contributed by atoms with Crippen LogP contribution in [-0.2, 0) is 6.42 Å². The lowest BCUT2D eigenvalue weighted by atomic mass is 10.3. The van der Waals surface area contributed by atoms with Crippen molar-refractivity contribution in [2.75, 3.05) is 5.33 Å². The molecule has 1 heterocycles. The standard InChI is InChI=1S/C7H9BrN2O/c8-3-1-2-6-7(11)10-5-4-9-6/h4-5H,1-3H2,(H,10,11). The molecule has 11 heavy (non-hydrogen) atoms. The molecule has 0 atom stereocenters. The maximum atomic E-state index is 11.0. The number of aromatic amines is 1. The zero-order chi connectivity index (χ0) is 8.10. The van der Waals surface area contributed by atoms with Gasteiger partial charge in [0.15, 0.2) is 0 Å². The van der Waals surface area contributed by atoms with Gasteiger partial charge in [0.25, 0.3) is 5.56 Å². The van der Waals surface area contributed by atoms with E-state index >= 15 is 0 Å². The fraction of sp³-hybridized carbons (Fsp3) is 0.429. The van der Waals surface area contributed by atoms with Crippen molar-refractivity contribution in [2.24, 2.45) is 0 Å². The predicted octanol–water partition coefficient (Wildman–Crippen LogP) is 1.10. The third kappa shape index (κ3) is 2.46. The molecule has 1 N–H and O–H groups in total. The molecule has 1 rings (SSSR count). The number of halogens is 1. The highest BCUT2D eigenvalue weighted by Gasteiger charge is 1.97. The Morgan fingerprint density at radius 3 is 3.09 bits per heavy atom. The van der Waals surface area contributed by atoms with Crippen LogP contribution >= 0.6 is 15.9 Å². The van der Waals surface area contributed by atoms with E-state index in [0.29, 0.717) is 5.69 Å². The quantitative estimate of drug-likeness (QED) is 0.770. The number of aromatic nitrogens is 2. The number of aryl methyl sites for hydroxylation is 1. The normalized spacial score (nSPS) is 9.91. The maximum Gasteiger partial charge on any atom is 0.269 e. The highest BCUT2D eigenvalue weighted by Crippen LogP contribution is 1.94. The largest absolute Gasteiger partial charge is 0.326 e. The molecule has 3 nitrogen and oxygen atoms in total. The molecule has 0 saturated carbocycles. The zero-order valence-electron chi connectivity index (χ0n) is 6.01. The Kier molecular flexibility index (Phi) is 3.29. The van der Waals surface area contributed by atoms with Crippen LogP contribution in [0.4, 0.5) is 0 Å². The summed E-state index contributed by atoms with van der Waals surface area (Å²) in [5.41, 5.74) is 0.542. The first-order chi connectivity index (χ1) is 5.34. The smallest absolute Gasteiger partial charge is 0.269 e. The van der Waals surface area contributed by atoms with E-state index in [1.165, 1.54) is 0 Å². The van der Waals surface area contributed by atoms with Crippen LogP contribution in [0.15, 0.2) is 17.2 Å². The molecule has 1 aromatic rings. The van der Waals surface area contributed by atoms with Crippen molar-refractivity contribution >= 4 is 15.9 Å². The van der Waals surface area contributed by atoms with Crippen LogP contribution in [0.1, 0.15) is 12.1 Å². The van der Waals surface area contributed by atoms with Crippen molar-refractivity contribution in [3.63, 3.8) is 0 Å². The second-order valence-corrected chi connectivity index (χ2v) is 2.95. The Morgan fingerprint density at radius 2 is 2.45 bits per heavy atom. The van der Waals surface area contributed by atoms with Crippen LogP contribution in [0.5, 0.6) is 0 Å². The van der Waals surface area contributed by atoms with Gasteiger partial charge >= 0.3 is 0 Å². The molecular formula is C7H9BrN2O. The molecule has 0 spiro atoms. The van der Waals surface area contributed by atoms with Crippen LogP contribution in [0.25, 0.3) is 0 Å². The van der Waals surface area contributed by atoms with Crippen LogP contribution in [0.3, 0.4) is 0 Å². The summed E-state index contributed by atoms with van der Waals surface area (Å²) >= 11 is 3.29. The van der Waals surface area contributed by atoms with Gasteiger partial charge in [-0.05, 0) is 12.8 Å². The lowest BCUT2D eigenvalue weighted by Gasteiger charge is -1.94. The Labute approximate surface area is 73.0 Å². The summed E-state index contributed by atoms with van der Waals surface area (Å²) in [6, 6.07) is 0. The predicted molar refractivity (Wildman–Crippen MR) is 47.0 cm³/mol. The van der Waals surface area contributed by atoms with Crippen LogP contribution in [0.2, 0.25) is 0 Å². The molecule has 0 aliphatic carbocycles. The number of H-pyrrole nitrogens is 1. The highest BCUT2D eigenvalue weighted by molar-refractivity contribution is 9.09. The number of rotatable bonds is 3. The van der Waals surface area contributed by atoms with Crippen molar-refractivity contribution in [3.05, 3.63) is 28.4 Å². The minimum absolute atomic E-state index is 0.0755. The van der Waals surface area contributed by atoms with Crippen LogP contribution in [0, 0.1) is 0 Å². The van der Waals surface area contributed by atoms with Crippen molar-refractivity contribution in [1.29, 1.82) is 0 Å². The van der Waals surface area contributed by atoms with Crippen molar-refractivity contribution in [2.45, 2.75) is 12.8 Å². The van der Waals surface area contributed by atoms with Gasteiger partial charge < -0.3 is 4.98 Å². The third-order valence-corrected chi connectivity index (χ3v) is 1.89. The molecule has 0 saturated heterocycles. The average Bonchev–Trinajstić information content (AvgIpc) is 2.03. The molecule has 0 amide bonds. The second kappa shape index (κ2) is 4.28. The second-order valence-electron chi connectivity index (χ2n) is 2.16. The molecule has 0 aromatic carbocycles. The van der Waals surface area contributed by atoms with Gasteiger partial charge in [0.2, 0.25) is 0 Å². The first-order valence-electron chi connectivity index (χ1n) is 3.43. The van der Waals surface area contributed by atoms with E-state index in [-0.39, 0.29) is 5.56 Å². The van der Waals surface area contributed by atoms with Gasteiger partial charge in [0, 0.05) is 17.7 Å². The summed E-state index contributed by atoms with van der Waals surface area (Å²) in [5.74, 6) is 0. The summed E-state index contributed by atoms with van der Waals surface area (Å²) in [7, 11) is 0. The van der Waals surface area contributed by atoms with E-state index in [0.717, 1.165) is 18.2 Å². The Balaban J connectivity index is 2.70. The fourth-order valence-electron chi connectivity index (χ4n) is 0.794. The van der Waals surface area contributed by atoms with Crippen LogP contribution in [-0.4, -0.2) is 15.3 Å². The highest BCUT2D eigenvalue weighted by atomic mass is 79.9. The van der Waals surface area contributed by atoms with Gasteiger partial charge in [-0.1, -0.05) is 15.9 Å². The molecule has 1 aromatic heterocycles. The fourth-order valence-corrected chi connectivity index (χ4v) is 1.07. The van der Waals surface area contributed by atoms with Gasteiger partial charge in [-0.2, -0.15) is 0 Å². The lowest BCUT2D eigenvalue weighted by molar-refractivity contribution is 0.865. The zero-order valence-corrected chi connectivity index (χ0v) is 7.60. The van der Waals surface area contributed by atoms with Crippen molar-refractivity contribution in [1.82, 2.24) is 9.97 Å². The van der Waals surface area contributed by atoms with E-state index in [9.17, 15) is 4.79 Å². The summed E-state index contributed by atoms with van der Waals surface area (Å²) in [6.45, 7) is 0. The van der Waals surface area contributed by atoms with E-state index in [2.05, 4.69) is 25.9 Å². The molecule has 0 unspecified atom stereocenters. The monoisotopic (exact) mass is 216 g/mol. The minimum atomic E-state index is -0.0755. The molecule has 0 fully saturated rings. The van der Waals surface area contributed by atoms with Gasteiger partial charge in [-0.25, -0.2) is 0 Å². The number of hydrogen-bond donors (Lipinski definition) is 1. The Bertz CT molecular complexity index is 271.